The molecule has 0 amide bonds. The molecule has 0 bridgehead atoms. The van der Waals surface area contributed by atoms with Crippen LogP contribution in [0, 0.1) is 0 Å². The highest BCUT2D eigenvalue weighted by Gasteiger charge is 2.12. The largest absolute Gasteiger partial charge is 0.450 e. The molecule has 0 spiro atoms. The van der Waals surface area contributed by atoms with E-state index < -0.39 is 0 Å². The number of rotatable bonds is 4. The normalized spacial score (nSPS) is 10.4. The van der Waals surface area contributed by atoms with Crippen molar-refractivity contribution >= 4 is 23.2 Å². The lowest BCUT2D eigenvalue weighted by Gasteiger charge is -2.11. The van der Waals surface area contributed by atoms with Gasteiger partial charge in [0.05, 0.1) is 6.61 Å². The van der Waals surface area contributed by atoms with E-state index in [-0.39, 0.29) is 16.1 Å². The minimum absolute atomic E-state index is 0.169. The average molecular weight is 285 g/mol. The van der Waals surface area contributed by atoms with Gasteiger partial charge in [0.25, 0.3) is 0 Å². The fraction of sp³-hybridized carbons (Fsp3) is 0.167. The molecule has 1 aromatic heterocycles. The van der Waals surface area contributed by atoms with Crippen LogP contribution in [0.15, 0.2) is 30.6 Å². The summed E-state index contributed by atoms with van der Waals surface area (Å²) < 4.78 is 10.7. The van der Waals surface area contributed by atoms with Crippen LogP contribution in [0.25, 0.3) is 0 Å². The van der Waals surface area contributed by atoms with Crippen molar-refractivity contribution in [1.82, 2.24) is 9.97 Å². The van der Waals surface area contributed by atoms with Crippen molar-refractivity contribution in [1.29, 1.82) is 0 Å². The molecule has 0 N–H and O–H groups in total. The van der Waals surface area contributed by atoms with Crippen molar-refractivity contribution in [2.75, 3.05) is 7.11 Å². The molecule has 0 saturated carbocycles. The molecule has 94 valence electrons. The van der Waals surface area contributed by atoms with Crippen molar-refractivity contribution in [2.24, 2.45) is 0 Å². The molecule has 2 aromatic rings. The molecule has 0 aliphatic rings. The third-order valence-electron chi connectivity index (χ3n) is 2.20. The zero-order valence-corrected chi connectivity index (χ0v) is 11.1. The lowest BCUT2D eigenvalue weighted by Crippen LogP contribution is -1.96. The van der Waals surface area contributed by atoms with E-state index in [0.29, 0.717) is 12.4 Å². The molecule has 0 aliphatic carbocycles. The Kier molecular flexibility index (Phi) is 4.36. The molecule has 0 atom stereocenters. The highest BCUT2D eigenvalue weighted by molar-refractivity contribution is 6.35. The Labute approximate surface area is 114 Å². The SMILES string of the molecule is COCc1ccccc1Oc1c(Cl)ncnc1Cl. The number of ether oxygens (including phenoxy) is 2. The fourth-order valence-corrected chi connectivity index (χ4v) is 1.80. The second-order valence-corrected chi connectivity index (χ2v) is 4.14. The minimum Gasteiger partial charge on any atom is -0.450 e. The number of benzene rings is 1. The van der Waals surface area contributed by atoms with Crippen LogP contribution in [-0.2, 0) is 11.3 Å². The quantitative estimate of drug-likeness (QED) is 0.803. The monoisotopic (exact) mass is 284 g/mol. The van der Waals surface area contributed by atoms with Crippen LogP contribution in [-0.4, -0.2) is 17.1 Å². The molecule has 1 heterocycles. The van der Waals surface area contributed by atoms with Gasteiger partial charge >= 0.3 is 0 Å². The van der Waals surface area contributed by atoms with Crippen LogP contribution in [0.4, 0.5) is 0 Å². The Morgan fingerprint density at radius 3 is 2.44 bits per heavy atom. The van der Waals surface area contributed by atoms with E-state index in [4.69, 9.17) is 32.7 Å². The number of aromatic nitrogens is 2. The predicted molar refractivity (Wildman–Crippen MR) is 69.3 cm³/mol. The van der Waals surface area contributed by atoms with Crippen molar-refractivity contribution in [3.8, 4) is 11.5 Å². The lowest BCUT2D eigenvalue weighted by molar-refractivity contribution is 0.182. The van der Waals surface area contributed by atoms with Crippen LogP contribution in [0.5, 0.6) is 11.5 Å². The number of para-hydroxylation sites is 1. The van der Waals surface area contributed by atoms with E-state index in [0.717, 1.165) is 5.56 Å². The molecular weight excluding hydrogens is 275 g/mol. The van der Waals surface area contributed by atoms with Gasteiger partial charge in [-0.15, -0.1) is 0 Å². The Morgan fingerprint density at radius 1 is 1.11 bits per heavy atom. The van der Waals surface area contributed by atoms with Crippen LogP contribution in [0.3, 0.4) is 0 Å². The van der Waals surface area contributed by atoms with Gasteiger partial charge in [-0.1, -0.05) is 41.4 Å². The topological polar surface area (TPSA) is 44.2 Å². The van der Waals surface area contributed by atoms with Gasteiger partial charge in [-0.05, 0) is 6.07 Å². The molecule has 0 saturated heterocycles. The molecular formula is C12H10Cl2N2O2. The molecule has 0 aliphatic heterocycles. The molecule has 0 fully saturated rings. The number of nitrogens with zero attached hydrogens (tertiary/aromatic N) is 2. The summed E-state index contributed by atoms with van der Waals surface area (Å²) in [6.07, 6.45) is 1.28. The van der Waals surface area contributed by atoms with Gasteiger partial charge in [0.1, 0.15) is 12.1 Å². The maximum atomic E-state index is 5.92. The molecule has 0 unspecified atom stereocenters. The average Bonchev–Trinajstić information content (AvgIpc) is 2.36. The smallest absolute Gasteiger partial charge is 0.201 e. The highest BCUT2D eigenvalue weighted by atomic mass is 35.5. The molecule has 6 heteroatoms. The fourth-order valence-electron chi connectivity index (χ4n) is 1.40. The Hall–Kier alpha value is -1.36. The van der Waals surface area contributed by atoms with E-state index in [9.17, 15) is 0 Å². The van der Waals surface area contributed by atoms with Crippen molar-refractivity contribution in [2.45, 2.75) is 6.61 Å². The molecule has 2 rings (SSSR count). The number of halogens is 2. The first-order valence-electron chi connectivity index (χ1n) is 5.13. The van der Waals surface area contributed by atoms with E-state index in [1.165, 1.54) is 6.33 Å². The lowest BCUT2D eigenvalue weighted by atomic mass is 10.2. The summed E-state index contributed by atoms with van der Waals surface area (Å²) in [4.78, 5) is 7.65. The summed E-state index contributed by atoms with van der Waals surface area (Å²) in [5, 5.41) is 0.337. The third-order valence-corrected chi connectivity index (χ3v) is 2.74. The summed E-state index contributed by atoms with van der Waals surface area (Å²) in [6.45, 7) is 0.430. The van der Waals surface area contributed by atoms with Crippen LogP contribution in [0.1, 0.15) is 5.56 Å². The Balaban J connectivity index is 2.34. The Bertz CT molecular complexity index is 529. The maximum absolute atomic E-state index is 5.92. The second-order valence-electron chi connectivity index (χ2n) is 3.43. The van der Waals surface area contributed by atoms with Crippen LogP contribution >= 0.6 is 23.2 Å². The number of hydrogen-bond acceptors (Lipinski definition) is 4. The summed E-state index contributed by atoms with van der Waals surface area (Å²) >= 11 is 11.8. The maximum Gasteiger partial charge on any atom is 0.201 e. The minimum atomic E-state index is 0.169. The van der Waals surface area contributed by atoms with Crippen LogP contribution in [0.2, 0.25) is 10.3 Å². The molecule has 1 aromatic carbocycles. The first kappa shape index (κ1) is 13.1. The number of methoxy groups -OCH3 is 1. The predicted octanol–water partition coefficient (Wildman–Crippen LogP) is 3.72. The van der Waals surface area contributed by atoms with E-state index in [2.05, 4.69) is 9.97 Å². The van der Waals surface area contributed by atoms with Gasteiger partial charge in [0.15, 0.2) is 10.3 Å². The highest BCUT2D eigenvalue weighted by Crippen LogP contribution is 2.34. The standard InChI is InChI=1S/C12H10Cl2N2O2/c1-17-6-8-4-2-3-5-9(8)18-10-11(13)15-7-16-12(10)14/h2-5,7H,6H2,1H3. The molecule has 4 nitrogen and oxygen atoms in total. The first-order valence-corrected chi connectivity index (χ1v) is 5.88. The van der Waals surface area contributed by atoms with E-state index in [1.54, 1.807) is 13.2 Å². The van der Waals surface area contributed by atoms with Crippen LogP contribution < -0.4 is 4.74 Å². The van der Waals surface area contributed by atoms with Crippen molar-refractivity contribution in [3.63, 3.8) is 0 Å². The Morgan fingerprint density at radius 2 is 1.78 bits per heavy atom. The zero-order chi connectivity index (χ0) is 13.0. The summed E-state index contributed by atoms with van der Waals surface area (Å²) in [6, 6.07) is 7.43. The van der Waals surface area contributed by atoms with Gasteiger partial charge in [-0.3, -0.25) is 0 Å². The summed E-state index contributed by atoms with van der Waals surface area (Å²) in [7, 11) is 1.61. The van der Waals surface area contributed by atoms with Gasteiger partial charge < -0.3 is 9.47 Å². The van der Waals surface area contributed by atoms with Gasteiger partial charge in [0, 0.05) is 12.7 Å². The van der Waals surface area contributed by atoms with Gasteiger partial charge in [-0.25, -0.2) is 9.97 Å². The van der Waals surface area contributed by atoms with Gasteiger partial charge in [0.2, 0.25) is 5.75 Å². The zero-order valence-electron chi connectivity index (χ0n) is 9.56. The molecule has 18 heavy (non-hydrogen) atoms. The summed E-state index contributed by atoms with van der Waals surface area (Å²) in [5.41, 5.74) is 0.885. The van der Waals surface area contributed by atoms with Crippen molar-refractivity contribution in [3.05, 3.63) is 46.5 Å². The number of hydrogen-bond donors (Lipinski definition) is 0. The van der Waals surface area contributed by atoms with E-state index in [1.807, 2.05) is 18.2 Å². The van der Waals surface area contributed by atoms with E-state index >= 15 is 0 Å². The summed E-state index contributed by atoms with van der Waals surface area (Å²) in [5.74, 6) is 0.849. The van der Waals surface area contributed by atoms with Crippen molar-refractivity contribution < 1.29 is 9.47 Å². The third kappa shape index (κ3) is 2.90. The molecule has 0 radical (unpaired) electrons. The second kappa shape index (κ2) is 6.00. The first-order chi connectivity index (χ1) is 8.72. The van der Waals surface area contributed by atoms with Gasteiger partial charge in [-0.2, -0.15) is 0 Å².